The molecule has 3 heteroatoms. The van der Waals surface area contributed by atoms with Crippen LogP contribution >= 0.6 is 0 Å². The summed E-state index contributed by atoms with van der Waals surface area (Å²) in [6.45, 7) is 6.11. The number of hydrogen-bond donors (Lipinski definition) is 0. The summed E-state index contributed by atoms with van der Waals surface area (Å²) in [5, 5.41) is 0. The summed E-state index contributed by atoms with van der Waals surface area (Å²) < 4.78 is 5.66. The second kappa shape index (κ2) is 6.38. The van der Waals surface area contributed by atoms with Gasteiger partial charge in [0, 0.05) is 12.6 Å². The normalized spacial score (nSPS) is 28.4. The van der Waals surface area contributed by atoms with E-state index in [4.69, 9.17) is 4.74 Å². The molecule has 1 aliphatic heterocycles. The quantitative estimate of drug-likeness (QED) is 0.682. The fourth-order valence-electron chi connectivity index (χ4n) is 2.44. The van der Waals surface area contributed by atoms with Gasteiger partial charge in [-0.25, -0.2) is 0 Å². The van der Waals surface area contributed by atoms with Gasteiger partial charge < -0.3 is 4.74 Å². The molecule has 0 saturated carbocycles. The summed E-state index contributed by atoms with van der Waals surface area (Å²) in [7, 11) is 0. The maximum absolute atomic E-state index is 5.66. The minimum absolute atomic E-state index is 0.609. The van der Waals surface area contributed by atoms with E-state index in [1.807, 2.05) is 0 Å². The molecule has 0 spiro atoms. The zero-order valence-electron chi connectivity index (χ0n) is 10.4. The highest BCUT2D eigenvalue weighted by Gasteiger charge is 2.23. The molecule has 0 aromatic rings. The van der Waals surface area contributed by atoms with Crippen LogP contribution in [0.3, 0.4) is 0 Å². The maximum atomic E-state index is 5.66. The third-order valence-corrected chi connectivity index (χ3v) is 3.44. The zero-order valence-corrected chi connectivity index (χ0v) is 10.4. The fraction of sp³-hybridized carbons (Fsp3) is 0.846. The van der Waals surface area contributed by atoms with Gasteiger partial charge in [0.15, 0.2) is 0 Å². The van der Waals surface area contributed by atoms with Crippen molar-refractivity contribution in [3.8, 4) is 0 Å². The molecule has 0 bridgehead atoms. The molecule has 1 unspecified atom stereocenters. The lowest BCUT2D eigenvalue weighted by Gasteiger charge is -2.39. The Balaban J connectivity index is 1.81. The molecule has 1 saturated heterocycles. The van der Waals surface area contributed by atoms with E-state index in [1.165, 1.54) is 38.6 Å². The molecule has 3 nitrogen and oxygen atoms in total. The third-order valence-electron chi connectivity index (χ3n) is 3.44. The Morgan fingerprint density at radius 2 is 2.31 bits per heavy atom. The van der Waals surface area contributed by atoms with Crippen LogP contribution < -0.4 is 0 Å². The highest BCUT2D eigenvalue weighted by molar-refractivity contribution is 4.98. The van der Waals surface area contributed by atoms with E-state index < -0.39 is 0 Å². The van der Waals surface area contributed by atoms with Gasteiger partial charge in [0.25, 0.3) is 0 Å². The van der Waals surface area contributed by atoms with E-state index in [0.717, 1.165) is 20.1 Å². The minimum atomic E-state index is 0.609. The summed E-state index contributed by atoms with van der Waals surface area (Å²) in [5.74, 6) is 0. The van der Waals surface area contributed by atoms with Gasteiger partial charge in [-0.05, 0) is 25.7 Å². The predicted molar refractivity (Wildman–Crippen MR) is 65.9 cm³/mol. The lowest BCUT2D eigenvalue weighted by Crippen LogP contribution is -2.50. The second-order valence-electron chi connectivity index (χ2n) is 4.87. The van der Waals surface area contributed by atoms with Crippen LogP contribution in [0.4, 0.5) is 0 Å². The summed E-state index contributed by atoms with van der Waals surface area (Å²) in [6.07, 6.45) is 11.1. The van der Waals surface area contributed by atoms with Crippen LogP contribution in [-0.2, 0) is 4.74 Å². The highest BCUT2D eigenvalue weighted by atomic mass is 16.5. The molecule has 0 N–H and O–H groups in total. The summed E-state index contributed by atoms with van der Waals surface area (Å²) >= 11 is 0. The first-order valence-electron chi connectivity index (χ1n) is 6.61. The molecule has 1 aliphatic carbocycles. The Hall–Kier alpha value is -0.380. The van der Waals surface area contributed by atoms with Crippen molar-refractivity contribution in [2.24, 2.45) is 0 Å². The van der Waals surface area contributed by atoms with E-state index in [1.54, 1.807) is 0 Å². The number of hydrogen-bond acceptors (Lipinski definition) is 3. The maximum Gasteiger partial charge on any atom is 0.102 e. The molecule has 1 heterocycles. The number of allylic oxidation sites excluding steroid dienone is 1. The van der Waals surface area contributed by atoms with Gasteiger partial charge in [0.1, 0.15) is 13.5 Å². The van der Waals surface area contributed by atoms with Gasteiger partial charge in [-0.1, -0.05) is 25.5 Å². The van der Waals surface area contributed by atoms with Gasteiger partial charge in [-0.15, -0.1) is 0 Å². The lowest BCUT2D eigenvalue weighted by atomic mass is 10.0. The smallest absolute Gasteiger partial charge is 0.102 e. The van der Waals surface area contributed by atoms with Crippen molar-refractivity contribution in [3.05, 3.63) is 12.2 Å². The average molecular weight is 224 g/mol. The summed E-state index contributed by atoms with van der Waals surface area (Å²) in [5.41, 5.74) is 0. The first-order valence-corrected chi connectivity index (χ1v) is 6.61. The Bertz CT molecular complexity index is 230. The molecule has 0 radical (unpaired) electrons. The standard InChI is InChI=1S/C13H24N2O/c1-2-3-9-14-10-15(12-16-11-14)13-7-5-4-6-8-13/h5,7,13H,2-4,6,8-12H2,1H3. The SMILES string of the molecule is CCCCN1COCN(C2C=CCCC2)C1. The van der Waals surface area contributed by atoms with Crippen LogP contribution in [0.2, 0.25) is 0 Å². The van der Waals surface area contributed by atoms with Crippen molar-refractivity contribution in [2.75, 3.05) is 26.7 Å². The average Bonchev–Trinajstić information content (AvgIpc) is 2.38. The van der Waals surface area contributed by atoms with Crippen molar-refractivity contribution in [1.82, 2.24) is 9.80 Å². The molecule has 1 atom stereocenters. The van der Waals surface area contributed by atoms with Crippen LogP contribution in [0.1, 0.15) is 39.0 Å². The van der Waals surface area contributed by atoms with Crippen LogP contribution in [0.15, 0.2) is 12.2 Å². The van der Waals surface area contributed by atoms with E-state index in [2.05, 4.69) is 28.9 Å². The Kier molecular flexibility index (Phi) is 4.82. The topological polar surface area (TPSA) is 15.7 Å². The van der Waals surface area contributed by atoms with E-state index in [9.17, 15) is 0 Å². The van der Waals surface area contributed by atoms with Crippen LogP contribution in [0.5, 0.6) is 0 Å². The molecule has 92 valence electrons. The fourth-order valence-corrected chi connectivity index (χ4v) is 2.44. The molecule has 0 aromatic carbocycles. The zero-order chi connectivity index (χ0) is 11.2. The van der Waals surface area contributed by atoms with Crippen molar-refractivity contribution in [3.63, 3.8) is 0 Å². The first kappa shape index (κ1) is 12.1. The molecular weight excluding hydrogens is 200 g/mol. The van der Waals surface area contributed by atoms with Crippen LogP contribution in [0, 0.1) is 0 Å². The molecule has 0 amide bonds. The monoisotopic (exact) mass is 224 g/mol. The van der Waals surface area contributed by atoms with Gasteiger partial charge in [0.05, 0.1) is 6.67 Å². The van der Waals surface area contributed by atoms with Gasteiger partial charge in [0.2, 0.25) is 0 Å². The van der Waals surface area contributed by atoms with Gasteiger partial charge in [-0.2, -0.15) is 0 Å². The lowest BCUT2D eigenvalue weighted by molar-refractivity contribution is -0.122. The summed E-state index contributed by atoms with van der Waals surface area (Å²) in [6, 6.07) is 0.609. The Labute approximate surface area is 99.1 Å². The van der Waals surface area contributed by atoms with Crippen molar-refractivity contribution >= 4 is 0 Å². The van der Waals surface area contributed by atoms with Crippen LogP contribution in [-0.4, -0.2) is 42.5 Å². The number of nitrogens with zero attached hydrogens (tertiary/aromatic N) is 2. The largest absolute Gasteiger partial charge is 0.351 e. The highest BCUT2D eigenvalue weighted by Crippen LogP contribution is 2.18. The first-order chi connectivity index (χ1) is 7.90. The van der Waals surface area contributed by atoms with Gasteiger partial charge >= 0.3 is 0 Å². The summed E-state index contributed by atoms with van der Waals surface area (Å²) in [4.78, 5) is 4.87. The molecule has 2 aliphatic rings. The van der Waals surface area contributed by atoms with E-state index in [-0.39, 0.29) is 0 Å². The molecule has 1 fully saturated rings. The minimum Gasteiger partial charge on any atom is -0.351 e. The van der Waals surface area contributed by atoms with Crippen molar-refractivity contribution in [1.29, 1.82) is 0 Å². The van der Waals surface area contributed by atoms with Gasteiger partial charge in [-0.3, -0.25) is 9.80 Å². The predicted octanol–water partition coefficient (Wildman–Crippen LogP) is 2.40. The Morgan fingerprint density at radius 1 is 1.38 bits per heavy atom. The molecule has 2 rings (SSSR count). The molecule has 16 heavy (non-hydrogen) atoms. The second-order valence-corrected chi connectivity index (χ2v) is 4.87. The number of ether oxygens (including phenoxy) is 1. The van der Waals surface area contributed by atoms with E-state index >= 15 is 0 Å². The number of rotatable bonds is 4. The van der Waals surface area contributed by atoms with Crippen molar-refractivity contribution in [2.45, 2.75) is 45.1 Å². The van der Waals surface area contributed by atoms with E-state index in [0.29, 0.717) is 6.04 Å². The molecular formula is C13H24N2O. The van der Waals surface area contributed by atoms with Crippen molar-refractivity contribution < 1.29 is 4.74 Å². The Morgan fingerprint density at radius 3 is 3.06 bits per heavy atom. The van der Waals surface area contributed by atoms with Crippen LogP contribution in [0.25, 0.3) is 0 Å². The molecule has 0 aromatic heterocycles. The number of unbranched alkanes of at least 4 members (excludes halogenated alkanes) is 1. The third kappa shape index (κ3) is 3.30.